The monoisotopic (exact) mass is 586 g/mol. The number of hydrogen-bond acceptors (Lipinski definition) is 9. The molecular formula is C18H15Co2O9P3. The summed E-state index contributed by atoms with van der Waals surface area (Å²) in [7, 11) is -13.6. The predicted octanol–water partition coefficient (Wildman–Crippen LogP) is -2.33. The average Bonchev–Trinajstić information content (AvgIpc) is 2.69. The van der Waals surface area contributed by atoms with E-state index in [9.17, 15) is 43.1 Å². The summed E-state index contributed by atoms with van der Waals surface area (Å²) in [4.78, 5) is 61.8. The third-order valence-corrected chi connectivity index (χ3v) is 6.01. The Labute approximate surface area is 205 Å². The fourth-order valence-electron chi connectivity index (χ4n) is 1.83. The van der Waals surface area contributed by atoms with Crippen LogP contribution < -0.4 is 45.3 Å². The third-order valence-electron chi connectivity index (χ3n) is 3.22. The molecule has 0 saturated carbocycles. The molecule has 0 saturated heterocycles. The van der Waals surface area contributed by atoms with Gasteiger partial charge in [0.05, 0.1) is 0 Å². The standard InChI is InChI=1S/3C6H7O3P.2Co/c3*7-10(8,9)6-4-2-1-3-5-6;;/h3*1-5H,(H2,7,8,9);;/q;;;2*+3/p-6. The van der Waals surface area contributed by atoms with Gasteiger partial charge in [-0.1, -0.05) is 91.0 Å². The molecule has 0 bridgehead atoms. The molecule has 0 aliphatic rings. The van der Waals surface area contributed by atoms with E-state index in [1.165, 1.54) is 72.8 Å². The molecular weight excluding hydrogens is 571 g/mol. The Bertz CT molecular complexity index is 900. The Morgan fingerprint density at radius 2 is 0.531 bits per heavy atom. The van der Waals surface area contributed by atoms with Crippen LogP contribution in [0.2, 0.25) is 0 Å². The predicted molar refractivity (Wildman–Crippen MR) is 101 cm³/mol. The van der Waals surface area contributed by atoms with E-state index in [1.54, 1.807) is 18.2 Å². The largest absolute Gasteiger partial charge is 3.00 e. The molecule has 0 heterocycles. The zero-order valence-electron chi connectivity index (χ0n) is 15.8. The van der Waals surface area contributed by atoms with Crippen LogP contribution >= 0.6 is 22.8 Å². The van der Waals surface area contributed by atoms with Crippen molar-refractivity contribution in [3.05, 3.63) is 91.0 Å². The first kappa shape index (κ1) is 33.3. The van der Waals surface area contributed by atoms with Crippen molar-refractivity contribution in [2.45, 2.75) is 0 Å². The molecule has 0 radical (unpaired) electrons. The molecule has 0 aliphatic heterocycles. The summed E-state index contributed by atoms with van der Waals surface area (Å²) in [6, 6.07) is 21.7. The zero-order chi connectivity index (χ0) is 22.8. The van der Waals surface area contributed by atoms with Gasteiger partial charge in [-0.05, 0) is 38.7 Å². The van der Waals surface area contributed by atoms with E-state index in [1.807, 2.05) is 0 Å². The molecule has 14 heteroatoms. The zero-order valence-corrected chi connectivity index (χ0v) is 20.6. The average molecular weight is 586 g/mol. The molecule has 0 atom stereocenters. The van der Waals surface area contributed by atoms with Gasteiger partial charge in [0.25, 0.3) is 0 Å². The SMILES string of the molecule is O=P([O-])([O-])c1ccccc1.O=P([O-])([O-])c1ccccc1.O=P([O-])([O-])c1ccccc1.[Co+3].[Co+3]. The van der Waals surface area contributed by atoms with E-state index < -0.39 is 22.8 Å². The molecule has 3 aromatic rings. The molecule has 0 unspecified atom stereocenters. The molecule has 174 valence electrons. The second-order valence-electron chi connectivity index (χ2n) is 5.50. The van der Waals surface area contributed by atoms with Crippen LogP contribution in [0.15, 0.2) is 91.0 Å². The first-order chi connectivity index (χ1) is 13.8. The Kier molecular flexibility index (Phi) is 15.7. The summed E-state index contributed by atoms with van der Waals surface area (Å²) in [5, 5.41) is -0.472. The van der Waals surface area contributed by atoms with Crippen molar-refractivity contribution in [2.75, 3.05) is 0 Å². The summed E-state index contributed by atoms with van der Waals surface area (Å²) >= 11 is 0. The number of rotatable bonds is 3. The van der Waals surface area contributed by atoms with Crippen molar-refractivity contribution < 1.29 is 76.6 Å². The quantitative estimate of drug-likeness (QED) is 0.303. The van der Waals surface area contributed by atoms with Crippen LogP contribution in [0.25, 0.3) is 0 Å². The van der Waals surface area contributed by atoms with Crippen molar-refractivity contribution in [3.8, 4) is 0 Å². The van der Waals surface area contributed by atoms with Gasteiger partial charge in [-0.2, -0.15) is 0 Å². The second kappa shape index (κ2) is 15.1. The maximum Gasteiger partial charge on any atom is 3.00 e. The molecule has 3 rings (SSSR count). The summed E-state index contributed by atoms with van der Waals surface area (Å²) < 4.78 is 30.9. The van der Waals surface area contributed by atoms with E-state index >= 15 is 0 Å². The van der Waals surface area contributed by atoms with E-state index in [0.29, 0.717) is 0 Å². The topological polar surface area (TPSA) is 190 Å². The normalized spacial score (nSPS) is 10.7. The smallest absolute Gasteiger partial charge is 0.807 e. The van der Waals surface area contributed by atoms with Crippen molar-refractivity contribution >= 4 is 38.7 Å². The first-order valence-corrected chi connectivity index (χ1v) is 12.7. The first-order valence-electron chi connectivity index (χ1n) is 8.05. The maximum atomic E-state index is 10.3. The Hall–Kier alpha value is -0.877. The molecule has 0 aromatic heterocycles. The van der Waals surface area contributed by atoms with E-state index in [4.69, 9.17) is 0 Å². The molecule has 0 spiro atoms. The van der Waals surface area contributed by atoms with Crippen LogP contribution in [0.3, 0.4) is 0 Å². The second-order valence-corrected chi connectivity index (χ2v) is 10.0. The van der Waals surface area contributed by atoms with E-state index in [0.717, 1.165) is 0 Å². The Balaban J connectivity index is 0. The molecule has 0 N–H and O–H groups in total. The third kappa shape index (κ3) is 13.6. The molecule has 0 aliphatic carbocycles. The van der Waals surface area contributed by atoms with Gasteiger partial charge in [-0.3, -0.25) is 0 Å². The van der Waals surface area contributed by atoms with Gasteiger partial charge in [-0.25, -0.2) is 0 Å². The summed E-state index contributed by atoms with van der Waals surface area (Å²) in [6.07, 6.45) is 0. The molecule has 0 amide bonds. The van der Waals surface area contributed by atoms with Crippen molar-refractivity contribution in [3.63, 3.8) is 0 Å². The summed E-state index contributed by atoms with van der Waals surface area (Å²) in [6.45, 7) is 0. The summed E-state index contributed by atoms with van der Waals surface area (Å²) in [5.74, 6) is 0. The summed E-state index contributed by atoms with van der Waals surface area (Å²) in [5.41, 5.74) is 0. The van der Waals surface area contributed by atoms with Crippen molar-refractivity contribution in [1.82, 2.24) is 0 Å². The minimum atomic E-state index is -4.52. The van der Waals surface area contributed by atoms with Crippen LogP contribution in [-0.2, 0) is 47.3 Å². The van der Waals surface area contributed by atoms with Crippen LogP contribution in [0, 0.1) is 0 Å². The molecule has 3 aromatic carbocycles. The molecule has 0 fully saturated rings. The maximum absolute atomic E-state index is 10.3. The van der Waals surface area contributed by atoms with Crippen molar-refractivity contribution in [1.29, 1.82) is 0 Å². The van der Waals surface area contributed by atoms with Crippen LogP contribution in [0.4, 0.5) is 0 Å². The van der Waals surface area contributed by atoms with Gasteiger partial charge in [0.1, 0.15) is 0 Å². The van der Waals surface area contributed by atoms with Gasteiger partial charge in [-0.15, -0.1) is 0 Å². The van der Waals surface area contributed by atoms with E-state index in [-0.39, 0.29) is 49.5 Å². The van der Waals surface area contributed by atoms with Gasteiger partial charge in [0.2, 0.25) is 0 Å². The van der Waals surface area contributed by atoms with Crippen LogP contribution in [-0.4, -0.2) is 0 Å². The minimum Gasteiger partial charge on any atom is -0.807 e. The fraction of sp³-hybridized carbons (Fsp3) is 0. The number of benzene rings is 3. The Morgan fingerprint density at radius 3 is 0.625 bits per heavy atom. The number of hydrogen-bond donors (Lipinski definition) is 0. The van der Waals surface area contributed by atoms with Gasteiger partial charge >= 0.3 is 33.6 Å². The molecule has 9 nitrogen and oxygen atoms in total. The van der Waals surface area contributed by atoms with Gasteiger partial charge in [0, 0.05) is 0 Å². The van der Waals surface area contributed by atoms with Crippen LogP contribution in [0.1, 0.15) is 0 Å². The van der Waals surface area contributed by atoms with Gasteiger partial charge < -0.3 is 43.1 Å². The van der Waals surface area contributed by atoms with E-state index in [2.05, 4.69) is 0 Å². The van der Waals surface area contributed by atoms with Crippen molar-refractivity contribution in [2.24, 2.45) is 0 Å². The molecule has 32 heavy (non-hydrogen) atoms. The van der Waals surface area contributed by atoms with Crippen LogP contribution in [0.5, 0.6) is 0 Å². The Morgan fingerprint density at radius 1 is 0.375 bits per heavy atom. The minimum absolute atomic E-state index is 0. The fourth-order valence-corrected chi connectivity index (χ4v) is 3.44. The van der Waals surface area contributed by atoms with Gasteiger partial charge in [0.15, 0.2) is 0 Å².